The molecule has 1 unspecified atom stereocenters. The molecule has 3 N–H and O–H groups in total. The van der Waals surface area contributed by atoms with Crippen LogP contribution in [0.1, 0.15) is 29.8 Å². The van der Waals surface area contributed by atoms with Crippen molar-refractivity contribution in [2.45, 2.75) is 26.5 Å². The average molecular weight is 288 g/mol. The predicted octanol–water partition coefficient (Wildman–Crippen LogP) is 2.10. The summed E-state index contributed by atoms with van der Waals surface area (Å²) < 4.78 is 1.77. The third-order valence-corrected chi connectivity index (χ3v) is 3.43. The lowest BCUT2D eigenvalue weighted by atomic mass is 10.1. The average Bonchev–Trinajstić information content (AvgIpc) is 2.77. The lowest BCUT2D eigenvalue weighted by molar-refractivity contribution is 0.199. The number of aromatic nitrogens is 2. The number of aliphatic hydroxyl groups is 1. The maximum absolute atomic E-state index is 11.8. The van der Waals surface area contributed by atoms with E-state index in [0.29, 0.717) is 12.2 Å². The van der Waals surface area contributed by atoms with Crippen molar-refractivity contribution in [1.29, 1.82) is 0 Å². The SMILES string of the molecule is Cc1c(CNC(=O)Nc2ccc(C(C)O)cc2)cnn1C. The Hall–Kier alpha value is -2.34. The molecule has 2 aromatic rings. The number of nitrogens with one attached hydrogen (secondary N) is 2. The lowest BCUT2D eigenvalue weighted by Gasteiger charge is -2.09. The van der Waals surface area contributed by atoms with E-state index in [1.807, 2.05) is 14.0 Å². The van der Waals surface area contributed by atoms with Crippen LogP contribution >= 0.6 is 0 Å². The molecule has 6 heteroatoms. The monoisotopic (exact) mass is 288 g/mol. The molecule has 1 heterocycles. The Morgan fingerprint density at radius 2 is 2.05 bits per heavy atom. The molecule has 0 saturated carbocycles. The van der Waals surface area contributed by atoms with Crippen LogP contribution in [0.4, 0.5) is 10.5 Å². The summed E-state index contributed by atoms with van der Waals surface area (Å²) in [5.74, 6) is 0. The Balaban J connectivity index is 1.88. The second-order valence-electron chi connectivity index (χ2n) is 4.98. The summed E-state index contributed by atoms with van der Waals surface area (Å²) >= 11 is 0. The fourth-order valence-corrected chi connectivity index (χ4v) is 1.91. The molecule has 0 spiro atoms. The highest BCUT2D eigenvalue weighted by Crippen LogP contribution is 2.15. The van der Waals surface area contributed by atoms with Crippen LogP contribution in [0.3, 0.4) is 0 Å². The van der Waals surface area contributed by atoms with Crippen molar-refractivity contribution in [3.8, 4) is 0 Å². The summed E-state index contributed by atoms with van der Waals surface area (Å²) in [5.41, 5.74) is 3.50. The van der Waals surface area contributed by atoms with Gasteiger partial charge >= 0.3 is 6.03 Å². The van der Waals surface area contributed by atoms with Gasteiger partial charge in [-0.15, -0.1) is 0 Å². The quantitative estimate of drug-likeness (QED) is 0.806. The number of urea groups is 1. The van der Waals surface area contributed by atoms with Crippen LogP contribution in [0.15, 0.2) is 30.5 Å². The van der Waals surface area contributed by atoms with Gasteiger partial charge in [-0.05, 0) is 31.5 Å². The molecule has 2 rings (SSSR count). The zero-order valence-electron chi connectivity index (χ0n) is 12.4. The Kier molecular flexibility index (Phi) is 4.59. The van der Waals surface area contributed by atoms with Gasteiger partial charge in [0.1, 0.15) is 0 Å². The normalized spacial score (nSPS) is 12.0. The van der Waals surface area contributed by atoms with Crippen LogP contribution in [-0.2, 0) is 13.6 Å². The first-order chi connectivity index (χ1) is 9.97. The van der Waals surface area contributed by atoms with Gasteiger partial charge in [0.25, 0.3) is 0 Å². The molecule has 112 valence electrons. The van der Waals surface area contributed by atoms with E-state index in [9.17, 15) is 9.90 Å². The van der Waals surface area contributed by atoms with Gasteiger partial charge in [-0.1, -0.05) is 12.1 Å². The highest BCUT2D eigenvalue weighted by Gasteiger charge is 2.07. The van der Waals surface area contributed by atoms with E-state index in [1.165, 1.54) is 0 Å². The molecule has 0 aliphatic carbocycles. The summed E-state index contributed by atoms with van der Waals surface area (Å²) in [6.07, 6.45) is 1.23. The number of anilines is 1. The molecular weight excluding hydrogens is 268 g/mol. The third kappa shape index (κ3) is 3.82. The molecule has 1 aromatic heterocycles. The molecule has 1 aromatic carbocycles. The van der Waals surface area contributed by atoms with E-state index in [-0.39, 0.29) is 6.03 Å². The summed E-state index contributed by atoms with van der Waals surface area (Å²) in [6.45, 7) is 4.08. The molecule has 2 amide bonds. The number of nitrogens with zero attached hydrogens (tertiary/aromatic N) is 2. The molecule has 0 bridgehead atoms. The topological polar surface area (TPSA) is 79.2 Å². The number of hydrogen-bond acceptors (Lipinski definition) is 3. The van der Waals surface area contributed by atoms with Crippen LogP contribution in [-0.4, -0.2) is 20.9 Å². The number of carbonyl (C=O) groups is 1. The molecular formula is C15H20N4O2. The molecule has 0 saturated heterocycles. The maximum Gasteiger partial charge on any atom is 0.319 e. The van der Waals surface area contributed by atoms with Crippen LogP contribution in [0.5, 0.6) is 0 Å². The van der Waals surface area contributed by atoms with E-state index < -0.39 is 6.10 Å². The molecule has 6 nitrogen and oxygen atoms in total. The highest BCUT2D eigenvalue weighted by atomic mass is 16.3. The number of hydrogen-bond donors (Lipinski definition) is 3. The van der Waals surface area contributed by atoms with E-state index in [1.54, 1.807) is 42.1 Å². The second kappa shape index (κ2) is 6.41. The molecule has 0 fully saturated rings. The van der Waals surface area contributed by atoms with Gasteiger partial charge < -0.3 is 15.7 Å². The van der Waals surface area contributed by atoms with Crippen LogP contribution in [0, 0.1) is 6.92 Å². The zero-order chi connectivity index (χ0) is 15.4. The fourth-order valence-electron chi connectivity index (χ4n) is 1.91. The Bertz CT molecular complexity index is 617. The molecule has 21 heavy (non-hydrogen) atoms. The number of rotatable bonds is 4. The standard InChI is InChI=1S/C15H20N4O2/c1-10-13(9-17-19(10)3)8-16-15(21)18-14-6-4-12(5-7-14)11(2)20/h4-7,9,11,20H,8H2,1-3H3,(H2,16,18,21). The minimum absolute atomic E-state index is 0.275. The number of aliphatic hydroxyl groups excluding tert-OH is 1. The lowest BCUT2D eigenvalue weighted by Crippen LogP contribution is -2.28. The number of benzene rings is 1. The van der Waals surface area contributed by atoms with Crippen molar-refractivity contribution in [2.24, 2.45) is 7.05 Å². The summed E-state index contributed by atoms with van der Waals surface area (Å²) in [6, 6.07) is 6.81. The van der Waals surface area contributed by atoms with E-state index in [2.05, 4.69) is 15.7 Å². The van der Waals surface area contributed by atoms with Gasteiger partial charge in [0.2, 0.25) is 0 Å². The summed E-state index contributed by atoms with van der Waals surface area (Å²) in [4.78, 5) is 11.8. The number of carbonyl (C=O) groups excluding carboxylic acids is 1. The van der Waals surface area contributed by atoms with Gasteiger partial charge in [-0.25, -0.2) is 4.79 Å². The largest absolute Gasteiger partial charge is 0.389 e. The van der Waals surface area contributed by atoms with E-state index in [0.717, 1.165) is 16.8 Å². The summed E-state index contributed by atoms with van der Waals surface area (Å²) in [7, 11) is 1.86. The molecule has 0 aliphatic rings. The Labute approximate surface area is 123 Å². The van der Waals surface area contributed by atoms with Crippen molar-refractivity contribution in [3.63, 3.8) is 0 Å². The van der Waals surface area contributed by atoms with Gasteiger partial charge in [-0.3, -0.25) is 4.68 Å². The van der Waals surface area contributed by atoms with Crippen molar-refractivity contribution in [2.75, 3.05) is 5.32 Å². The van der Waals surface area contributed by atoms with Crippen molar-refractivity contribution in [3.05, 3.63) is 47.3 Å². The Morgan fingerprint density at radius 3 is 2.57 bits per heavy atom. The van der Waals surface area contributed by atoms with Gasteiger partial charge in [-0.2, -0.15) is 5.10 Å². The first-order valence-corrected chi connectivity index (χ1v) is 6.77. The van der Waals surface area contributed by atoms with Crippen molar-refractivity contribution < 1.29 is 9.90 Å². The van der Waals surface area contributed by atoms with E-state index >= 15 is 0 Å². The van der Waals surface area contributed by atoms with E-state index in [4.69, 9.17) is 0 Å². The first-order valence-electron chi connectivity index (χ1n) is 6.77. The highest BCUT2D eigenvalue weighted by molar-refractivity contribution is 5.89. The van der Waals surface area contributed by atoms with Crippen molar-refractivity contribution >= 4 is 11.7 Å². The van der Waals surface area contributed by atoms with Crippen LogP contribution in [0.25, 0.3) is 0 Å². The van der Waals surface area contributed by atoms with Gasteiger partial charge in [0.15, 0.2) is 0 Å². The zero-order valence-corrected chi connectivity index (χ0v) is 12.4. The van der Waals surface area contributed by atoms with Crippen LogP contribution < -0.4 is 10.6 Å². The molecule has 1 atom stereocenters. The molecule has 0 aliphatic heterocycles. The third-order valence-electron chi connectivity index (χ3n) is 3.43. The molecule has 0 radical (unpaired) electrons. The number of aryl methyl sites for hydroxylation is 1. The Morgan fingerprint density at radius 1 is 1.38 bits per heavy atom. The minimum Gasteiger partial charge on any atom is -0.389 e. The number of amides is 2. The summed E-state index contributed by atoms with van der Waals surface area (Å²) in [5, 5.41) is 19.1. The van der Waals surface area contributed by atoms with Gasteiger partial charge in [0.05, 0.1) is 12.3 Å². The van der Waals surface area contributed by atoms with Gasteiger partial charge in [0, 0.05) is 30.5 Å². The fraction of sp³-hybridized carbons (Fsp3) is 0.333. The second-order valence-corrected chi connectivity index (χ2v) is 4.98. The minimum atomic E-state index is -0.513. The predicted molar refractivity (Wildman–Crippen MR) is 80.9 cm³/mol. The van der Waals surface area contributed by atoms with Crippen molar-refractivity contribution in [1.82, 2.24) is 15.1 Å². The maximum atomic E-state index is 11.8. The van der Waals surface area contributed by atoms with Crippen LogP contribution in [0.2, 0.25) is 0 Å². The first kappa shape index (κ1) is 15.1. The smallest absolute Gasteiger partial charge is 0.319 e.